The van der Waals surface area contributed by atoms with E-state index in [-0.39, 0.29) is 22.5 Å². The zero-order valence-electron chi connectivity index (χ0n) is 11.8. The molecule has 0 aliphatic carbocycles. The van der Waals surface area contributed by atoms with Crippen molar-refractivity contribution in [1.29, 1.82) is 0 Å². The SMILES string of the molecule is Cc1nc(Br)ccc1NC(=O)c1nc(C(C)C)ncc1Cl. The summed E-state index contributed by atoms with van der Waals surface area (Å²) in [7, 11) is 0. The third kappa shape index (κ3) is 3.77. The van der Waals surface area contributed by atoms with Crippen LogP contribution in [0, 0.1) is 6.92 Å². The molecule has 0 aromatic carbocycles. The van der Waals surface area contributed by atoms with Crippen molar-refractivity contribution >= 4 is 39.1 Å². The molecule has 0 saturated heterocycles. The molecule has 1 N–H and O–H groups in total. The Morgan fingerprint density at radius 2 is 2.05 bits per heavy atom. The van der Waals surface area contributed by atoms with Crippen molar-refractivity contribution in [2.75, 3.05) is 5.32 Å². The molecule has 0 unspecified atom stereocenters. The number of halogens is 2. The van der Waals surface area contributed by atoms with Crippen LogP contribution in [0.4, 0.5) is 5.69 Å². The van der Waals surface area contributed by atoms with E-state index in [2.05, 4.69) is 36.2 Å². The smallest absolute Gasteiger partial charge is 0.276 e. The van der Waals surface area contributed by atoms with Gasteiger partial charge < -0.3 is 5.32 Å². The maximum absolute atomic E-state index is 12.3. The Kier molecular flexibility index (Phi) is 4.90. The van der Waals surface area contributed by atoms with Crippen LogP contribution < -0.4 is 5.32 Å². The molecule has 0 bridgehead atoms. The number of nitrogens with zero attached hydrogens (tertiary/aromatic N) is 3. The van der Waals surface area contributed by atoms with E-state index in [9.17, 15) is 4.79 Å². The normalized spacial score (nSPS) is 10.8. The van der Waals surface area contributed by atoms with Crippen LogP contribution >= 0.6 is 27.5 Å². The van der Waals surface area contributed by atoms with Gasteiger partial charge in [0, 0.05) is 5.92 Å². The molecular formula is C14H14BrClN4O. The van der Waals surface area contributed by atoms with E-state index in [1.807, 2.05) is 20.8 Å². The van der Waals surface area contributed by atoms with E-state index >= 15 is 0 Å². The second kappa shape index (κ2) is 6.49. The van der Waals surface area contributed by atoms with Gasteiger partial charge in [-0.25, -0.2) is 15.0 Å². The summed E-state index contributed by atoms with van der Waals surface area (Å²) in [6, 6.07) is 3.52. The van der Waals surface area contributed by atoms with Crippen molar-refractivity contribution in [1.82, 2.24) is 15.0 Å². The topological polar surface area (TPSA) is 67.8 Å². The van der Waals surface area contributed by atoms with Crippen molar-refractivity contribution in [2.45, 2.75) is 26.7 Å². The van der Waals surface area contributed by atoms with Crippen LogP contribution in [0.3, 0.4) is 0 Å². The van der Waals surface area contributed by atoms with Crippen LogP contribution in [0.1, 0.15) is 41.8 Å². The van der Waals surface area contributed by atoms with Crippen LogP contribution in [0.2, 0.25) is 5.02 Å². The van der Waals surface area contributed by atoms with E-state index in [1.54, 1.807) is 12.1 Å². The number of aromatic nitrogens is 3. The summed E-state index contributed by atoms with van der Waals surface area (Å²) < 4.78 is 0.708. The van der Waals surface area contributed by atoms with Gasteiger partial charge >= 0.3 is 0 Å². The molecule has 2 rings (SSSR count). The van der Waals surface area contributed by atoms with Crippen LogP contribution in [0.25, 0.3) is 0 Å². The highest BCUT2D eigenvalue weighted by atomic mass is 79.9. The van der Waals surface area contributed by atoms with Crippen LogP contribution in [0.15, 0.2) is 22.9 Å². The molecule has 0 aliphatic heterocycles. The lowest BCUT2D eigenvalue weighted by Gasteiger charge is -2.10. The minimum atomic E-state index is -0.378. The highest BCUT2D eigenvalue weighted by molar-refractivity contribution is 9.10. The molecule has 1 amide bonds. The molecule has 2 heterocycles. The Morgan fingerprint density at radius 1 is 1.33 bits per heavy atom. The largest absolute Gasteiger partial charge is 0.319 e. The Balaban J connectivity index is 2.30. The zero-order valence-corrected chi connectivity index (χ0v) is 14.2. The van der Waals surface area contributed by atoms with Crippen molar-refractivity contribution in [3.8, 4) is 0 Å². The number of anilines is 1. The highest BCUT2D eigenvalue weighted by Crippen LogP contribution is 2.20. The standard InChI is InChI=1S/C14H14BrClN4O/c1-7(2)13-17-6-9(16)12(20-13)14(21)19-10-4-5-11(15)18-8(10)3/h4-7H,1-3H3,(H,19,21). The maximum Gasteiger partial charge on any atom is 0.276 e. The monoisotopic (exact) mass is 368 g/mol. The number of pyridine rings is 1. The summed E-state index contributed by atoms with van der Waals surface area (Å²) in [5, 5.41) is 2.99. The fourth-order valence-corrected chi connectivity index (χ4v) is 2.24. The van der Waals surface area contributed by atoms with Crippen molar-refractivity contribution < 1.29 is 4.79 Å². The van der Waals surface area contributed by atoms with Gasteiger partial charge in [0.05, 0.1) is 22.6 Å². The van der Waals surface area contributed by atoms with Crippen LogP contribution in [-0.2, 0) is 0 Å². The number of hydrogen-bond acceptors (Lipinski definition) is 4. The molecule has 2 aromatic heterocycles. The van der Waals surface area contributed by atoms with Crippen molar-refractivity contribution in [3.63, 3.8) is 0 Å². The number of nitrogens with one attached hydrogen (secondary N) is 1. The molecule has 5 nitrogen and oxygen atoms in total. The quantitative estimate of drug-likeness (QED) is 0.831. The lowest BCUT2D eigenvalue weighted by Crippen LogP contribution is -2.17. The fourth-order valence-electron chi connectivity index (χ4n) is 1.66. The average molecular weight is 370 g/mol. The molecule has 0 atom stereocenters. The Labute approximate surface area is 136 Å². The molecule has 0 fully saturated rings. The lowest BCUT2D eigenvalue weighted by atomic mass is 10.2. The van der Waals surface area contributed by atoms with Gasteiger partial charge in [0.25, 0.3) is 5.91 Å². The lowest BCUT2D eigenvalue weighted by molar-refractivity contribution is 0.102. The molecule has 0 spiro atoms. The number of hydrogen-bond donors (Lipinski definition) is 1. The minimum Gasteiger partial charge on any atom is -0.319 e. The molecule has 110 valence electrons. The van der Waals surface area contributed by atoms with E-state index in [0.717, 1.165) is 0 Å². The number of carbonyl (C=O) groups is 1. The number of amides is 1. The first-order chi connectivity index (χ1) is 9.88. The van der Waals surface area contributed by atoms with E-state index in [0.29, 0.717) is 21.8 Å². The summed E-state index contributed by atoms with van der Waals surface area (Å²) in [5.74, 6) is 0.316. The van der Waals surface area contributed by atoms with Gasteiger partial charge in [-0.15, -0.1) is 0 Å². The fraction of sp³-hybridized carbons (Fsp3) is 0.286. The Hall–Kier alpha value is -1.53. The van der Waals surface area contributed by atoms with Gasteiger partial charge in [0.2, 0.25) is 0 Å². The van der Waals surface area contributed by atoms with Gasteiger partial charge in [-0.2, -0.15) is 0 Å². The second-order valence-electron chi connectivity index (χ2n) is 4.80. The first kappa shape index (κ1) is 15.9. The minimum absolute atomic E-state index is 0.116. The molecular weight excluding hydrogens is 356 g/mol. The van der Waals surface area contributed by atoms with Gasteiger partial charge in [-0.05, 0) is 35.0 Å². The predicted octanol–water partition coefficient (Wildman–Crippen LogP) is 3.97. The first-order valence-corrected chi connectivity index (χ1v) is 7.52. The third-order valence-electron chi connectivity index (χ3n) is 2.79. The molecule has 2 aromatic rings. The zero-order chi connectivity index (χ0) is 15.6. The summed E-state index contributed by atoms with van der Waals surface area (Å²) in [4.78, 5) is 24.9. The summed E-state index contributed by atoms with van der Waals surface area (Å²) >= 11 is 9.30. The van der Waals surface area contributed by atoms with Crippen molar-refractivity contribution in [2.24, 2.45) is 0 Å². The van der Waals surface area contributed by atoms with Gasteiger partial charge in [0.15, 0.2) is 5.69 Å². The molecule has 0 aliphatic rings. The predicted molar refractivity (Wildman–Crippen MR) is 85.8 cm³/mol. The molecule has 7 heteroatoms. The van der Waals surface area contributed by atoms with E-state index in [1.165, 1.54) is 6.20 Å². The Bertz CT molecular complexity index is 691. The summed E-state index contributed by atoms with van der Waals surface area (Å²) in [5.41, 5.74) is 1.48. The molecule has 0 radical (unpaired) electrons. The molecule has 21 heavy (non-hydrogen) atoms. The van der Waals surface area contributed by atoms with Crippen molar-refractivity contribution in [3.05, 3.63) is 45.2 Å². The van der Waals surface area contributed by atoms with Gasteiger partial charge in [-0.1, -0.05) is 25.4 Å². The van der Waals surface area contributed by atoms with Crippen LogP contribution in [-0.4, -0.2) is 20.9 Å². The first-order valence-electron chi connectivity index (χ1n) is 6.35. The highest BCUT2D eigenvalue weighted by Gasteiger charge is 2.16. The van der Waals surface area contributed by atoms with Crippen LogP contribution in [0.5, 0.6) is 0 Å². The Morgan fingerprint density at radius 3 is 2.67 bits per heavy atom. The third-order valence-corrected chi connectivity index (χ3v) is 3.51. The number of carbonyl (C=O) groups excluding carboxylic acids is 1. The van der Waals surface area contributed by atoms with Gasteiger partial charge in [0.1, 0.15) is 10.4 Å². The second-order valence-corrected chi connectivity index (χ2v) is 6.02. The average Bonchev–Trinajstić information content (AvgIpc) is 2.42. The maximum atomic E-state index is 12.3. The van der Waals surface area contributed by atoms with E-state index in [4.69, 9.17) is 11.6 Å². The summed E-state index contributed by atoms with van der Waals surface area (Å²) in [6.07, 6.45) is 1.45. The molecule has 0 saturated carbocycles. The summed E-state index contributed by atoms with van der Waals surface area (Å²) in [6.45, 7) is 5.71. The van der Waals surface area contributed by atoms with E-state index < -0.39 is 0 Å². The number of rotatable bonds is 3. The number of aryl methyl sites for hydroxylation is 1. The van der Waals surface area contributed by atoms with Gasteiger partial charge in [-0.3, -0.25) is 4.79 Å².